The average Bonchev–Trinajstić information content (AvgIpc) is 2.27. The topological polar surface area (TPSA) is 58.4 Å². The van der Waals surface area contributed by atoms with Crippen molar-refractivity contribution in [2.45, 2.75) is 64.1 Å². The van der Waals surface area contributed by atoms with E-state index in [1.807, 2.05) is 6.92 Å². The molecule has 1 fully saturated rings. The number of piperidine rings is 1. The van der Waals surface area contributed by atoms with E-state index in [9.17, 15) is 4.79 Å². The Bertz CT molecular complexity index is 259. The first kappa shape index (κ1) is 14.5. The number of hydrogen-bond acceptors (Lipinski definition) is 3. The Balaban J connectivity index is 2.56. The van der Waals surface area contributed by atoms with E-state index in [0.29, 0.717) is 12.1 Å². The Labute approximate surface area is 105 Å². The van der Waals surface area contributed by atoms with E-state index < -0.39 is 5.54 Å². The molecule has 0 aliphatic carbocycles. The van der Waals surface area contributed by atoms with Crippen LogP contribution in [0.15, 0.2) is 0 Å². The van der Waals surface area contributed by atoms with Crippen LogP contribution in [0.1, 0.15) is 46.5 Å². The summed E-state index contributed by atoms with van der Waals surface area (Å²) in [5.74, 6) is -0.266. The molecular formula is C13H27N3O. The SMILES string of the molecule is CNC(C)(CCN1[C@H](C)CCC[C@@H]1C)C(N)=O. The van der Waals surface area contributed by atoms with Gasteiger partial charge >= 0.3 is 0 Å². The van der Waals surface area contributed by atoms with Gasteiger partial charge in [-0.05, 0) is 47.1 Å². The Morgan fingerprint density at radius 1 is 1.41 bits per heavy atom. The minimum Gasteiger partial charge on any atom is -0.368 e. The van der Waals surface area contributed by atoms with Crippen LogP contribution >= 0.6 is 0 Å². The summed E-state index contributed by atoms with van der Waals surface area (Å²) in [6.45, 7) is 7.37. The van der Waals surface area contributed by atoms with Crippen molar-refractivity contribution in [1.29, 1.82) is 0 Å². The zero-order chi connectivity index (χ0) is 13.1. The van der Waals surface area contributed by atoms with Gasteiger partial charge in [-0.15, -0.1) is 0 Å². The van der Waals surface area contributed by atoms with Crippen molar-refractivity contribution in [3.63, 3.8) is 0 Å². The highest BCUT2D eigenvalue weighted by molar-refractivity contribution is 5.84. The fraction of sp³-hybridized carbons (Fsp3) is 0.923. The smallest absolute Gasteiger partial charge is 0.237 e. The van der Waals surface area contributed by atoms with Gasteiger partial charge in [0.25, 0.3) is 0 Å². The predicted molar refractivity (Wildman–Crippen MR) is 70.8 cm³/mol. The number of rotatable bonds is 5. The molecule has 1 amide bonds. The molecule has 3 N–H and O–H groups in total. The first-order valence-electron chi connectivity index (χ1n) is 6.65. The van der Waals surface area contributed by atoms with E-state index in [1.54, 1.807) is 7.05 Å². The second-order valence-corrected chi connectivity index (χ2v) is 5.56. The molecule has 1 aliphatic rings. The molecule has 1 rings (SSSR count). The number of hydrogen-bond donors (Lipinski definition) is 2. The minimum atomic E-state index is -0.586. The summed E-state index contributed by atoms with van der Waals surface area (Å²) < 4.78 is 0. The molecule has 100 valence electrons. The molecule has 4 heteroatoms. The van der Waals surface area contributed by atoms with Crippen molar-refractivity contribution in [2.75, 3.05) is 13.6 Å². The molecule has 1 aliphatic heterocycles. The van der Waals surface area contributed by atoms with Gasteiger partial charge in [0.2, 0.25) is 5.91 Å². The Kier molecular flexibility index (Phi) is 4.95. The maximum atomic E-state index is 11.4. The molecule has 0 saturated carbocycles. The molecule has 0 aromatic carbocycles. The molecule has 1 unspecified atom stereocenters. The van der Waals surface area contributed by atoms with Gasteiger partial charge in [-0.3, -0.25) is 9.69 Å². The number of carbonyl (C=O) groups excluding carboxylic acids is 1. The fourth-order valence-electron chi connectivity index (χ4n) is 2.64. The van der Waals surface area contributed by atoms with Crippen LogP contribution in [0, 0.1) is 0 Å². The van der Waals surface area contributed by atoms with Crippen molar-refractivity contribution in [2.24, 2.45) is 5.73 Å². The maximum Gasteiger partial charge on any atom is 0.237 e. The lowest BCUT2D eigenvalue weighted by Gasteiger charge is -2.40. The summed E-state index contributed by atoms with van der Waals surface area (Å²) in [4.78, 5) is 13.9. The van der Waals surface area contributed by atoms with Crippen LogP contribution in [0.4, 0.5) is 0 Å². The standard InChI is InChI=1S/C13H27N3O/c1-10-6-5-7-11(2)16(10)9-8-13(3,15-4)12(14)17/h10-11,15H,5-9H2,1-4H3,(H2,14,17)/t10-,11+,13?. The zero-order valence-electron chi connectivity index (χ0n) is 11.6. The largest absolute Gasteiger partial charge is 0.368 e. The Hall–Kier alpha value is -0.610. The lowest BCUT2D eigenvalue weighted by molar-refractivity contribution is -0.124. The third-order valence-electron chi connectivity index (χ3n) is 4.34. The molecule has 0 bridgehead atoms. The molecule has 3 atom stereocenters. The van der Waals surface area contributed by atoms with Gasteiger partial charge in [0.15, 0.2) is 0 Å². The third-order valence-corrected chi connectivity index (χ3v) is 4.34. The first-order valence-corrected chi connectivity index (χ1v) is 6.65. The van der Waals surface area contributed by atoms with Gasteiger partial charge in [-0.2, -0.15) is 0 Å². The normalized spacial score (nSPS) is 29.9. The molecule has 17 heavy (non-hydrogen) atoms. The second kappa shape index (κ2) is 5.83. The van der Waals surface area contributed by atoms with Crippen LogP contribution in [0.3, 0.4) is 0 Å². The van der Waals surface area contributed by atoms with Crippen molar-refractivity contribution < 1.29 is 4.79 Å². The van der Waals surface area contributed by atoms with Gasteiger partial charge < -0.3 is 11.1 Å². The minimum absolute atomic E-state index is 0.266. The number of primary amides is 1. The summed E-state index contributed by atoms with van der Waals surface area (Å²) in [5.41, 5.74) is 4.86. The van der Waals surface area contributed by atoms with E-state index in [2.05, 4.69) is 24.1 Å². The van der Waals surface area contributed by atoms with E-state index in [0.717, 1.165) is 13.0 Å². The summed E-state index contributed by atoms with van der Waals surface area (Å²) >= 11 is 0. The molecule has 1 heterocycles. The van der Waals surface area contributed by atoms with Crippen LogP contribution in [0.25, 0.3) is 0 Å². The lowest BCUT2D eigenvalue weighted by atomic mass is 9.93. The number of nitrogens with two attached hydrogens (primary N) is 1. The number of carbonyl (C=O) groups is 1. The molecule has 0 aromatic rings. The van der Waals surface area contributed by atoms with Crippen molar-refractivity contribution in [1.82, 2.24) is 10.2 Å². The van der Waals surface area contributed by atoms with Gasteiger partial charge in [-0.25, -0.2) is 0 Å². The molecule has 4 nitrogen and oxygen atoms in total. The van der Waals surface area contributed by atoms with E-state index in [1.165, 1.54) is 19.3 Å². The Morgan fingerprint density at radius 3 is 2.35 bits per heavy atom. The summed E-state index contributed by atoms with van der Waals surface area (Å²) in [6.07, 6.45) is 4.61. The van der Waals surface area contributed by atoms with Crippen molar-refractivity contribution in [3.05, 3.63) is 0 Å². The summed E-state index contributed by atoms with van der Waals surface area (Å²) in [6, 6.07) is 1.24. The van der Waals surface area contributed by atoms with Crippen LogP contribution < -0.4 is 11.1 Å². The molecule has 0 radical (unpaired) electrons. The van der Waals surface area contributed by atoms with E-state index >= 15 is 0 Å². The first-order chi connectivity index (χ1) is 7.90. The van der Waals surface area contributed by atoms with Crippen LogP contribution in [-0.2, 0) is 4.79 Å². The third kappa shape index (κ3) is 3.42. The Morgan fingerprint density at radius 2 is 1.94 bits per heavy atom. The van der Waals surface area contributed by atoms with Crippen LogP contribution in [0.2, 0.25) is 0 Å². The number of likely N-dealkylation sites (tertiary alicyclic amines) is 1. The molecule has 0 aromatic heterocycles. The quantitative estimate of drug-likeness (QED) is 0.758. The maximum absolute atomic E-state index is 11.4. The van der Waals surface area contributed by atoms with Gasteiger partial charge in [0, 0.05) is 18.6 Å². The molecule has 0 spiro atoms. The highest BCUT2D eigenvalue weighted by Gasteiger charge is 2.32. The molecular weight excluding hydrogens is 214 g/mol. The highest BCUT2D eigenvalue weighted by Crippen LogP contribution is 2.23. The number of nitrogens with zero attached hydrogens (tertiary/aromatic N) is 1. The lowest BCUT2D eigenvalue weighted by Crippen LogP contribution is -2.54. The fourth-order valence-corrected chi connectivity index (χ4v) is 2.64. The average molecular weight is 241 g/mol. The number of amides is 1. The van der Waals surface area contributed by atoms with Gasteiger partial charge in [-0.1, -0.05) is 6.42 Å². The van der Waals surface area contributed by atoms with Gasteiger partial charge in [0.05, 0.1) is 5.54 Å². The van der Waals surface area contributed by atoms with Crippen molar-refractivity contribution >= 4 is 5.91 Å². The van der Waals surface area contributed by atoms with E-state index in [-0.39, 0.29) is 5.91 Å². The second-order valence-electron chi connectivity index (χ2n) is 5.56. The van der Waals surface area contributed by atoms with E-state index in [4.69, 9.17) is 5.73 Å². The predicted octanol–water partition coefficient (Wildman–Crippen LogP) is 1.10. The summed E-state index contributed by atoms with van der Waals surface area (Å²) in [7, 11) is 1.80. The van der Waals surface area contributed by atoms with Crippen molar-refractivity contribution in [3.8, 4) is 0 Å². The number of likely N-dealkylation sites (N-methyl/N-ethyl adjacent to an activating group) is 1. The van der Waals surface area contributed by atoms with Gasteiger partial charge in [0.1, 0.15) is 0 Å². The zero-order valence-corrected chi connectivity index (χ0v) is 11.6. The van der Waals surface area contributed by atoms with Crippen LogP contribution in [-0.4, -0.2) is 42.0 Å². The summed E-state index contributed by atoms with van der Waals surface area (Å²) in [5, 5.41) is 3.05. The number of nitrogens with one attached hydrogen (secondary N) is 1. The monoisotopic (exact) mass is 241 g/mol. The highest BCUT2D eigenvalue weighted by atomic mass is 16.1. The molecule has 1 saturated heterocycles. The van der Waals surface area contributed by atoms with Crippen LogP contribution in [0.5, 0.6) is 0 Å².